The molecule has 1 aliphatic carbocycles. The van der Waals surface area contributed by atoms with Crippen LogP contribution in [0.5, 0.6) is 11.5 Å². The Morgan fingerprint density at radius 2 is 2.16 bits per heavy atom. The van der Waals surface area contributed by atoms with Crippen LogP contribution in [0.4, 0.5) is 0 Å². The van der Waals surface area contributed by atoms with Crippen LogP contribution in [-0.2, 0) is 9.53 Å². The molecule has 104 valence electrons. The summed E-state index contributed by atoms with van der Waals surface area (Å²) in [6, 6.07) is 5.60. The van der Waals surface area contributed by atoms with Crippen LogP contribution in [0, 0.1) is 11.8 Å². The quantitative estimate of drug-likeness (QED) is 0.753. The van der Waals surface area contributed by atoms with Crippen LogP contribution in [0.1, 0.15) is 13.3 Å². The maximum absolute atomic E-state index is 11.5. The fourth-order valence-electron chi connectivity index (χ4n) is 1.93. The molecule has 1 fully saturated rings. The lowest BCUT2D eigenvalue weighted by atomic mass is 10.3. The van der Waals surface area contributed by atoms with Gasteiger partial charge in [-0.1, -0.05) is 6.07 Å². The van der Waals surface area contributed by atoms with Crippen LogP contribution in [0.3, 0.4) is 0 Å². The predicted molar refractivity (Wildman–Crippen MR) is 74.4 cm³/mol. The van der Waals surface area contributed by atoms with Crippen molar-refractivity contribution in [3.63, 3.8) is 0 Å². The number of halogens is 1. The van der Waals surface area contributed by atoms with E-state index in [0.717, 1.165) is 22.4 Å². The van der Waals surface area contributed by atoms with E-state index in [1.165, 1.54) is 0 Å². The van der Waals surface area contributed by atoms with E-state index in [1.54, 1.807) is 7.11 Å². The molecule has 0 heterocycles. The summed E-state index contributed by atoms with van der Waals surface area (Å²) < 4.78 is 16.7. The molecule has 5 heteroatoms. The molecule has 1 aromatic carbocycles. The molecule has 2 rings (SSSR count). The normalized spacial score (nSPS) is 20.8. The minimum Gasteiger partial charge on any atom is -0.495 e. The molecule has 2 atom stereocenters. The van der Waals surface area contributed by atoms with Gasteiger partial charge in [-0.15, -0.1) is 0 Å². The topological polar surface area (TPSA) is 44.8 Å². The van der Waals surface area contributed by atoms with E-state index >= 15 is 0 Å². The number of carbonyl (C=O) groups is 1. The van der Waals surface area contributed by atoms with Gasteiger partial charge in [-0.25, -0.2) is 0 Å². The zero-order chi connectivity index (χ0) is 13.8. The number of rotatable bonds is 6. The van der Waals surface area contributed by atoms with Crippen LogP contribution >= 0.6 is 15.9 Å². The van der Waals surface area contributed by atoms with Crippen molar-refractivity contribution < 1.29 is 19.0 Å². The monoisotopic (exact) mass is 328 g/mol. The van der Waals surface area contributed by atoms with E-state index in [2.05, 4.69) is 15.9 Å². The van der Waals surface area contributed by atoms with E-state index in [9.17, 15) is 4.79 Å². The van der Waals surface area contributed by atoms with Crippen LogP contribution in [0.15, 0.2) is 22.7 Å². The molecule has 1 aliphatic rings. The molecule has 0 N–H and O–H groups in total. The Balaban J connectivity index is 1.86. The lowest BCUT2D eigenvalue weighted by Crippen LogP contribution is -2.10. The third-order valence-corrected chi connectivity index (χ3v) is 3.89. The van der Waals surface area contributed by atoms with Crippen molar-refractivity contribution in [3.8, 4) is 11.5 Å². The molecule has 0 saturated heterocycles. The lowest BCUT2D eigenvalue weighted by Gasteiger charge is -2.10. The fraction of sp³-hybridized carbons (Fsp3) is 0.500. The van der Waals surface area contributed by atoms with Gasteiger partial charge in [0.2, 0.25) is 0 Å². The Bertz CT molecular complexity index is 461. The molecule has 0 spiro atoms. The molecule has 0 bridgehead atoms. The van der Waals surface area contributed by atoms with Crippen molar-refractivity contribution in [1.29, 1.82) is 0 Å². The predicted octanol–water partition coefficient (Wildman–Crippen LogP) is 3.04. The summed E-state index contributed by atoms with van der Waals surface area (Å²) in [5.74, 6) is 1.62. The van der Waals surface area contributed by atoms with E-state index in [4.69, 9.17) is 14.2 Å². The molecule has 4 nitrogen and oxygen atoms in total. The van der Waals surface area contributed by atoms with Gasteiger partial charge in [-0.2, -0.15) is 0 Å². The zero-order valence-corrected chi connectivity index (χ0v) is 12.6. The number of benzene rings is 1. The number of ether oxygens (including phenoxy) is 3. The summed E-state index contributed by atoms with van der Waals surface area (Å²) in [5.41, 5.74) is 0. The summed E-state index contributed by atoms with van der Waals surface area (Å²) in [7, 11) is 1.61. The summed E-state index contributed by atoms with van der Waals surface area (Å²) in [6.07, 6.45) is 0.848. The highest BCUT2D eigenvalue weighted by Gasteiger charge is 2.44. The largest absolute Gasteiger partial charge is 0.495 e. The van der Waals surface area contributed by atoms with Crippen molar-refractivity contribution in [2.75, 3.05) is 20.3 Å². The first-order valence-corrected chi connectivity index (χ1v) is 7.08. The summed E-state index contributed by atoms with van der Waals surface area (Å²) in [4.78, 5) is 11.5. The Labute approximate surface area is 121 Å². The molecule has 1 aromatic rings. The van der Waals surface area contributed by atoms with E-state index < -0.39 is 0 Å². The third kappa shape index (κ3) is 3.41. The molecule has 0 amide bonds. The zero-order valence-electron chi connectivity index (χ0n) is 11.0. The molecule has 0 radical (unpaired) electrons. The highest BCUT2D eigenvalue weighted by atomic mass is 79.9. The third-order valence-electron chi connectivity index (χ3n) is 3.11. The van der Waals surface area contributed by atoms with Crippen molar-refractivity contribution in [3.05, 3.63) is 22.7 Å². The average Bonchev–Trinajstić information content (AvgIpc) is 3.17. The molecule has 1 saturated carbocycles. The number of hydrogen-bond acceptors (Lipinski definition) is 4. The first-order chi connectivity index (χ1) is 9.17. The molecule has 0 aliphatic heterocycles. The highest BCUT2D eigenvalue weighted by Crippen LogP contribution is 2.41. The summed E-state index contributed by atoms with van der Waals surface area (Å²) in [5, 5.41) is 0. The molecule has 0 aromatic heterocycles. The first kappa shape index (κ1) is 14.2. The van der Waals surface area contributed by atoms with Crippen molar-refractivity contribution in [2.24, 2.45) is 11.8 Å². The van der Waals surface area contributed by atoms with Gasteiger partial charge < -0.3 is 14.2 Å². The second-order valence-electron chi connectivity index (χ2n) is 4.44. The van der Waals surface area contributed by atoms with E-state index in [-0.39, 0.29) is 17.8 Å². The SMILES string of the molecule is CCOC(=O)C1CC1COc1cccc(OC)c1Br. The highest BCUT2D eigenvalue weighted by molar-refractivity contribution is 9.10. The summed E-state index contributed by atoms with van der Waals surface area (Å²) >= 11 is 3.44. The molecular formula is C14H17BrO4. The smallest absolute Gasteiger partial charge is 0.309 e. The van der Waals surface area contributed by atoms with E-state index in [0.29, 0.717) is 13.2 Å². The Kier molecular flexibility index (Phi) is 4.69. The maximum Gasteiger partial charge on any atom is 0.309 e. The van der Waals surface area contributed by atoms with Crippen LogP contribution < -0.4 is 9.47 Å². The Morgan fingerprint density at radius 3 is 2.84 bits per heavy atom. The Hall–Kier alpha value is -1.23. The number of hydrogen-bond donors (Lipinski definition) is 0. The standard InChI is InChI=1S/C14H17BrO4/c1-3-18-14(16)10-7-9(10)8-19-12-6-4-5-11(17-2)13(12)15/h4-6,9-10H,3,7-8H2,1-2H3. The average molecular weight is 329 g/mol. The van der Waals surface area contributed by atoms with Gasteiger partial charge in [0.1, 0.15) is 16.0 Å². The van der Waals surface area contributed by atoms with Gasteiger partial charge >= 0.3 is 5.97 Å². The van der Waals surface area contributed by atoms with Crippen LogP contribution in [-0.4, -0.2) is 26.3 Å². The first-order valence-electron chi connectivity index (χ1n) is 6.29. The van der Waals surface area contributed by atoms with Gasteiger partial charge in [0.25, 0.3) is 0 Å². The maximum atomic E-state index is 11.5. The van der Waals surface area contributed by atoms with Crippen LogP contribution in [0.25, 0.3) is 0 Å². The minimum atomic E-state index is -0.110. The fourth-order valence-corrected chi connectivity index (χ4v) is 2.47. The van der Waals surface area contributed by atoms with Gasteiger partial charge in [0.05, 0.1) is 26.2 Å². The molecular weight excluding hydrogens is 312 g/mol. The van der Waals surface area contributed by atoms with Crippen molar-refractivity contribution in [1.82, 2.24) is 0 Å². The minimum absolute atomic E-state index is 0.00401. The number of esters is 1. The number of methoxy groups -OCH3 is 1. The van der Waals surface area contributed by atoms with Crippen molar-refractivity contribution >= 4 is 21.9 Å². The second kappa shape index (κ2) is 6.28. The Morgan fingerprint density at radius 1 is 1.42 bits per heavy atom. The summed E-state index contributed by atoms with van der Waals surface area (Å²) in [6.45, 7) is 2.78. The molecule has 19 heavy (non-hydrogen) atoms. The van der Waals surface area contributed by atoms with Gasteiger partial charge in [-0.05, 0) is 41.4 Å². The molecule has 2 unspecified atom stereocenters. The van der Waals surface area contributed by atoms with Crippen molar-refractivity contribution in [2.45, 2.75) is 13.3 Å². The lowest BCUT2D eigenvalue weighted by molar-refractivity contribution is -0.145. The van der Waals surface area contributed by atoms with Gasteiger partial charge in [-0.3, -0.25) is 4.79 Å². The van der Waals surface area contributed by atoms with Gasteiger partial charge in [0.15, 0.2) is 0 Å². The van der Waals surface area contributed by atoms with Crippen LogP contribution in [0.2, 0.25) is 0 Å². The second-order valence-corrected chi connectivity index (χ2v) is 5.23. The van der Waals surface area contributed by atoms with Gasteiger partial charge in [0, 0.05) is 5.92 Å². The van der Waals surface area contributed by atoms with E-state index in [1.807, 2.05) is 25.1 Å². The number of carbonyl (C=O) groups excluding carboxylic acids is 1.